The van der Waals surface area contributed by atoms with Crippen molar-refractivity contribution in [1.29, 1.82) is 0 Å². The summed E-state index contributed by atoms with van der Waals surface area (Å²) in [5, 5.41) is 25.3. The Hall–Kier alpha value is -7.72. The third kappa shape index (κ3) is 10.4. The van der Waals surface area contributed by atoms with E-state index in [9.17, 15) is 10.2 Å². The van der Waals surface area contributed by atoms with Crippen LogP contribution in [0.1, 0.15) is 22.3 Å². The number of phenolic OH excluding ortho intramolecular Hbond substituents is 2. The minimum absolute atomic E-state index is 0.293. The summed E-state index contributed by atoms with van der Waals surface area (Å²) < 4.78 is 5.14. The molecule has 69 heavy (non-hydrogen) atoms. The molecule has 0 amide bonds. The van der Waals surface area contributed by atoms with E-state index in [0.717, 1.165) is 77.9 Å². The van der Waals surface area contributed by atoms with Crippen LogP contribution >= 0.6 is 0 Å². The number of benzene rings is 10. The molecule has 0 fully saturated rings. The van der Waals surface area contributed by atoms with E-state index in [-0.39, 0.29) is 0 Å². The number of hydrogen-bond donors (Lipinski definition) is 2. The standard InChI is InChI=1S/2C32H26NO.Zr/c2*34-32-27(23-33-22-24-12-4-1-5-13-24)18-10-21-30(32)31-28(25-14-6-2-7-15-25)19-11-20-29(31)26-16-8-3-9-17-26;/h2*1-21,34H,22-23H2;/q2*-1;+4. The molecule has 0 aliphatic carbocycles. The molecule has 10 aromatic carbocycles. The maximum atomic E-state index is 12.6. The minimum atomic E-state index is -1.68. The van der Waals surface area contributed by atoms with E-state index >= 15 is 0 Å². The number of rotatable bonds is 14. The predicted molar refractivity (Wildman–Crippen MR) is 277 cm³/mol. The molecule has 0 unspecified atom stereocenters. The summed E-state index contributed by atoms with van der Waals surface area (Å²) in [6.07, 6.45) is 0. The topological polar surface area (TPSA) is 46.5 Å². The molecule has 0 heterocycles. The van der Waals surface area contributed by atoms with Crippen molar-refractivity contribution in [3.8, 4) is 78.3 Å². The SMILES string of the molecule is Oc1c(C[N+](Cc2ccccc2)=[Zr]=[N+](Cc2ccccc2)Cc2cccc(-c3c(-c4ccccc4)cccc3-c3ccccc3)c2O)cccc1-c1c(-c2ccccc2)cccc1-c1ccccc1. The molecule has 10 rings (SSSR count). The van der Waals surface area contributed by atoms with Gasteiger partial charge in [0.25, 0.3) is 0 Å². The van der Waals surface area contributed by atoms with Crippen molar-refractivity contribution in [2.75, 3.05) is 0 Å². The van der Waals surface area contributed by atoms with E-state index in [1.54, 1.807) is 0 Å². The molecule has 2 N–H and O–H groups in total. The van der Waals surface area contributed by atoms with Crippen molar-refractivity contribution in [1.82, 2.24) is 0 Å². The first-order valence-corrected chi connectivity index (χ1v) is 25.7. The van der Waals surface area contributed by atoms with Crippen LogP contribution in [0.2, 0.25) is 0 Å². The predicted octanol–water partition coefficient (Wildman–Crippen LogP) is 15.7. The first-order chi connectivity index (χ1) is 34.1. The number of hydrogen-bond acceptors (Lipinski definition) is 2. The quantitative estimate of drug-likeness (QED) is 0.114. The van der Waals surface area contributed by atoms with Crippen LogP contribution in [0.5, 0.6) is 11.5 Å². The zero-order chi connectivity index (χ0) is 46.8. The number of para-hydroxylation sites is 2. The average Bonchev–Trinajstić information content (AvgIpc) is 3.41. The zero-order valence-electron chi connectivity index (χ0n) is 38.4. The number of phenols is 2. The van der Waals surface area contributed by atoms with Crippen molar-refractivity contribution >= 4 is 0 Å². The molecule has 332 valence electrons. The van der Waals surface area contributed by atoms with Crippen LogP contribution in [-0.2, 0) is 49.1 Å². The van der Waals surface area contributed by atoms with Crippen LogP contribution in [-0.4, -0.2) is 15.1 Å². The van der Waals surface area contributed by atoms with Crippen molar-refractivity contribution in [2.24, 2.45) is 0 Å². The summed E-state index contributed by atoms with van der Waals surface area (Å²) in [7, 11) is 0. The van der Waals surface area contributed by atoms with E-state index in [0.29, 0.717) is 37.7 Å². The molecule has 0 aliphatic heterocycles. The van der Waals surface area contributed by atoms with Crippen LogP contribution in [0.4, 0.5) is 0 Å². The Balaban J connectivity index is 1.12. The van der Waals surface area contributed by atoms with Gasteiger partial charge in [-0.3, -0.25) is 0 Å². The Morgan fingerprint density at radius 1 is 0.261 bits per heavy atom. The molecule has 0 radical (unpaired) electrons. The van der Waals surface area contributed by atoms with Gasteiger partial charge in [0.05, 0.1) is 0 Å². The van der Waals surface area contributed by atoms with Crippen LogP contribution in [0.3, 0.4) is 0 Å². The van der Waals surface area contributed by atoms with Gasteiger partial charge in [-0.15, -0.1) is 0 Å². The number of aromatic hydroxyl groups is 2. The van der Waals surface area contributed by atoms with Crippen molar-refractivity contribution in [3.05, 3.63) is 277 Å². The Kier molecular flexibility index (Phi) is 14.0. The number of nitrogens with zero attached hydrogens (tertiary/aromatic N) is 2. The van der Waals surface area contributed by atoms with Crippen molar-refractivity contribution in [2.45, 2.75) is 26.2 Å². The summed E-state index contributed by atoms with van der Waals surface area (Å²) in [4.78, 5) is 0. The fourth-order valence-electron chi connectivity index (χ4n) is 9.43. The Morgan fingerprint density at radius 3 is 0.826 bits per heavy atom. The first kappa shape index (κ1) is 45.1. The van der Waals surface area contributed by atoms with Gasteiger partial charge < -0.3 is 0 Å². The van der Waals surface area contributed by atoms with Crippen LogP contribution in [0.15, 0.2) is 255 Å². The summed E-state index contributed by atoms with van der Waals surface area (Å²) in [5.74, 6) is 0.587. The summed E-state index contributed by atoms with van der Waals surface area (Å²) in [6, 6.07) is 88.5. The zero-order valence-corrected chi connectivity index (χ0v) is 40.8. The molecule has 0 aromatic heterocycles. The van der Waals surface area contributed by atoms with Gasteiger partial charge in [0, 0.05) is 0 Å². The van der Waals surface area contributed by atoms with Gasteiger partial charge in [-0.25, -0.2) is 0 Å². The third-order valence-corrected chi connectivity index (χ3v) is 15.6. The van der Waals surface area contributed by atoms with Gasteiger partial charge in [-0.1, -0.05) is 0 Å². The van der Waals surface area contributed by atoms with Gasteiger partial charge in [0.2, 0.25) is 0 Å². The fraction of sp³-hybridized carbons (Fsp3) is 0.0625. The average molecular weight is 972 g/mol. The Bertz CT molecular complexity index is 3070. The van der Waals surface area contributed by atoms with Gasteiger partial charge in [-0.2, -0.15) is 0 Å². The second-order valence-corrected chi connectivity index (χ2v) is 20.9. The fourth-order valence-corrected chi connectivity index (χ4v) is 12.8. The van der Waals surface area contributed by atoms with Crippen molar-refractivity contribution in [3.63, 3.8) is 0 Å². The molecule has 0 saturated carbocycles. The van der Waals surface area contributed by atoms with Crippen LogP contribution in [0.25, 0.3) is 66.8 Å². The molecule has 0 saturated heterocycles. The van der Waals surface area contributed by atoms with E-state index in [2.05, 4.69) is 235 Å². The van der Waals surface area contributed by atoms with E-state index in [4.69, 9.17) is 0 Å². The van der Waals surface area contributed by atoms with Crippen LogP contribution in [0, 0.1) is 0 Å². The van der Waals surface area contributed by atoms with Gasteiger partial charge >= 0.3 is 420 Å². The van der Waals surface area contributed by atoms with E-state index < -0.39 is 22.9 Å². The van der Waals surface area contributed by atoms with E-state index in [1.165, 1.54) is 11.1 Å². The van der Waals surface area contributed by atoms with Gasteiger partial charge in [-0.05, 0) is 0 Å². The molecule has 10 aromatic rings. The van der Waals surface area contributed by atoms with Gasteiger partial charge in [0.1, 0.15) is 0 Å². The van der Waals surface area contributed by atoms with Crippen LogP contribution < -0.4 is 0 Å². The molecule has 0 spiro atoms. The second kappa shape index (κ2) is 21.5. The second-order valence-electron chi connectivity index (χ2n) is 17.3. The Labute approximate surface area is 416 Å². The maximum absolute atomic E-state index is 12.6. The summed E-state index contributed by atoms with van der Waals surface area (Å²) in [5.41, 5.74) is 16.5. The molecular weight excluding hydrogens is 920 g/mol. The normalized spacial score (nSPS) is 10.9. The van der Waals surface area contributed by atoms with E-state index in [1.807, 2.05) is 24.3 Å². The monoisotopic (exact) mass is 970 g/mol. The van der Waals surface area contributed by atoms with Crippen molar-refractivity contribution < 1.29 is 38.0 Å². The molecule has 4 nitrogen and oxygen atoms in total. The first-order valence-electron chi connectivity index (χ1n) is 23.5. The van der Waals surface area contributed by atoms with Gasteiger partial charge in [0.15, 0.2) is 0 Å². The molecule has 0 atom stereocenters. The summed E-state index contributed by atoms with van der Waals surface area (Å²) in [6.45, 7) is 2.54. The molecule has 0 bridgehead atoms. The molecule has 5 heteroatoms. The summed E-state index contributed by atoms with van der Waals surface area (Å²) >= 11 is -1.68. The third-order valence-electron chi connectivity index (χ3n) is 12.7. The molecular formula is C64H52N2O2Zr+2. The Morgan fingerprint density at radius 2 is 0.522 bits per heavy atom. The molecule has 0 aliphatic rings.